The second-order valence-electron chi connectivity index (χ2n) is 14.3. The normalized spacial score (nSPS) is 18.0. The molecule has 19 heteroatoms. The predicted octanol–water partition coefficient (Wildman–Crippen LogP) is 8.97. The molecule has 0 radical (unpaired) electrons. The summed E-state index contributed by atoms with van der Waals surface area (Å²) >= 11 is 0. The van der Waals surface area contributed by atoms with Crippen LogP contribution < -0.4 is 15.1 Å². The van der Waals surface area contributed by atoms with Gasteiger partial charge in [0, 0.05) is 25.6 Å². The summed E-state index contributed by atoms with van der Waals surface area (Å²) in [4.78, 5) is 37.5. The van der Waals surface area contributed by atoms with Gasteiger partial charge in [0.2, 0.25) is 5.95 Å². The first kappa shape index (κ1) is 42.3. The Hall–Kier alpha value is -4.81. The minimum Gasteiger partial charge on any atom is -0.460 e. The number of halogens is 9. The molecule has 0 saturated carbocycles. The first-order chi connectivity index (χ1) is 26.0. The minimum absolute atomic E-state index is 0.0124. The lowest BCUT2D eigenvalue weighted by atomic mass is 9.89. The maximum Gasteiger partial charge on any atom is 0.416 e. The fourth-order valence-electron chi connectivity index (χ4n) is 6.50. The van der Waals surface area contributed by atoms with Crippen molar-refractivity contribution in [2.24, 2.45) is 0 Å². The van der Waals surface area contributed by atoms with Gasteiger partial charge in [-0.15, -0.1) is 0 Å². The standard InChI is InChI=1S/C37H40F9N5O5/c1-5-25-19-27(26-18-22(35(38,39)40)6-7-29(26)51(25)33(53)55-11-8-31(52)56-34(2,3)4)48-32-47-20-30(50-9-12-54-13-10-50)28(49-32)16-21-14-23(36(41,42)43)17-24(15-21)37(44,45)46/h6-7,14-15,17-18,20,25,27H,5,8-13,16,19H2,1-4H3,(H,47,48,49)/t25-,27+/m1/s1. The molecule has 3 aromatic rings. The third-order valence-corrected chi connectivity index (χ3v) is 9.00. The Balaban J connectivity index is 1.51. The molecule has 1 aromatic heterocycles. The van der Waals surface area contributed by atoms with Gasteiger partial charge in [-0.05, 0) is 81.1 Å². The summed E-state index contributed by atoms with van der Waals surface area (Å²) in [7, 11) is 0. The van der Waals surface area contributed by atoms with E-state index in [9.17, 15) is 49.1 Å². The average Bonchev–Trinajstić information content (AvgIpc) is 3.09. The van der Waals surface area contributed by atoms with Crippen LogP contribution >= 0.6 is 0 Å². The number of esters is 1. The van der Waals surface area contributed by atoms with Crippen LogP contribution in [0.25, 0.3) is 0 Å². The van der Waals surface area contributed by atoms with Crippen molar-refractivity contribution in [3.63, 3.8) is 0 Å². The van der Waals surface area contributed by atoms with E-state index >= 15 is 0 Å². The van der Waals surface area contributed by atoms with E-state index in [-0.39, 0.29) is 67.2 Å². The molecule has 1 N–H and O–H groups in total. The van der Waals surface area contributed by atoms with Crippen LogP contribution in [0.5, 0.6) is 0 Å². The number of aromatic nitrogens is 2. The van der Waals surface area contributed by atoms with Gasteiger partial charge in [-0.3, -0.25) is 9.69 Å². The summed E-state index contributed by atoms with van der Waals surface area (Å²) in [6.07, 6.45) is -14.9. The average molecular weight is 806 g/mol. The van der Waals surface area contributed by atoms with E-state index in [2.05, 4.69) is 15.3 Å². The SMILES string of the molecule is CC[C@@H]1C[C@H](Nc2ncc(N3CCOCC3)c(Cc3cc(C(F)(F)F)cc(C(F)(F)F)c3)n2)c2cc(C(F)(F)F)ccc2N1C(=O)OCCC(=O)OC(C)(C)C. The third kappa shape index (κ3) is 10.5. The summed E-state index contributed by atoms with van der Waals surface area (Å²) in [6.45, 7) is 7.58. The van der Waals surface area contributed by atoms with Crippen molar-refractivity contribution in [3.8, 4) is 0 Å². The second-order valence-corrected chi connectivity index (χ2v) is 14.3. The molecule has 0 unspecified atom stereocenters. The highest BCUT2D eigenvalue weighted by Gasteiger charge is 2.40. The Labute approximate surface area is 316 Å². The van der Waals surface area contributed by atoms with Gasteiger partial charge in [-0.25, -0.2) is 14.8 Å². The Morgan fingerprint density at radius 2 is 1.50 bits per heavy atom. The van der Waals surface area contributed by atoms with E-state index in [0.717, 1.165) is 18.2 Å². The number of hydrogen-bond acceptors (Lipinski definition) is 9. The summed E-state index contributed by atoms with van der Waals surface area (Å²) < 4.78 is 140. The van der Waals surface area contributed by atoms with Gasteiger partial charge in [-0.1, -0.05) is 6.92 Å². The Morgan fingerprint density at radius 3 is 2.07 bits per heavy atom. The number of ether oxygens (including phenoxy) is 3. The number of rotatable bonds is 9. The first-order valence-corrected chi connectivity index (χ1v) is 17.7. The lowest BCUT2D eigenvalue weighted by molar-refractivity contribution is -0.155. The van der Waals surface area contributed by atoms with Gasteiger partial charge in [0.1, 0.15) is 12.2 Å². The Morgan fingerprint density at radius 1 is 0.875 bits per heavy atom. The summed E-state index contributed by atoms with van der Waals surface area (Å²) in [6, 6.07) is 2.43. The molecule has 2 aliphatic rings. The lowest BCUT2D eigenvalue weighted by Gasteiger charge is -2.40. The molecule has 2 aliphatic heterocycles. The molecular formula is C37H40F9N5O5. The molecule has 0 spiro atoms. The van der Waals surface area contributed by atoms with Crippen LogP contribution in [0.2, 0.25) is 0 Å². The number of carbonyl (C=O) groups is 2. The zero-order valence-electron chi connectivity index (χ0n) is 30.8. The van der Waals surface area contributed by atoms with Crippen LogP contribution in [-0.4, -0.2) is 66.6 Å². The number of carbonyl (C=O) groups excluding carboxylic acids is 2. The fraction of sp³-hybridized carbons (Fsp3) is 0.514. The molecule has 306 valence electrons. The van der Waals surface area contributed by atoms with Crippen molar-refractivity contribution in [1.82, 2.24) is 9.97 Å². The van der Waals surface area contributed by atoms with Crippen molar-refractivity contribution in [1.29, 1.82) is 0 Å². The molecule has 0 bridgehead atoms. The minimum atomic E-state index is -5.08. The second kappa shape index (κ2) is 16.3. The number of amides is 1. The quantitative estimate of drug-likeness (QED) is 0.168. The van der Waals surface area contributed by atoms with Crippen LogP contribution in [0.3, 0.4) is 0 Å². The Bertz CT molecular complexity index is 1860. The molecule has 2 aromatic carbocycles. The van der Waals surface area contributed by atoms with Crippen LogP contribution in [0.15, 0.2) is 42.6 Å². The van der Waals surface area contributed by atoms with Gasteiger partial charge in [0.25, 0.3) is 0 Å². The zero-order valence-corrected chi connectivity index (χ0v) is 30.8. The largest absolute Gasteiger partial charge is 0.460 e. The Kier molecular flexibility index (Phi) is 12.4. The molecule has 1 saturated heterocycles. The molecule has 1 amide bonds. The maximum atomic E-state index is 14.0. The lowest BCUT2D eigenvalue weighted by Crippen LogP contribution is -2.46. The van der Waals surface area contributed by atoms with Gasteiger partial charge in [0.15, 0.2) is 0 Å². The van der Waals surface area contributed by atoms with E-state index < -0.39 is 71.4 Å². The van der Waals surface area contributed by atoms with Crippen LogP contribution in [-0.2, 0) is 44.0 Å². The van der Waals surface area contributed by atoms with Crippen LogP contribution in [0, 0.1) is 0 Å². The number of anilines is 3. The van der Waals surface area contributed by atoms with Gasteiger partial charge >= 0.3 is 30.6 Å². The van der Waals surface area contributed by atoms with E-state index in [1.54, 1.807) is 32.6 Å². The van der Waals surface area contributed by atoms with Crippen molar-refractivity contribution in [3.05, 3.63) is 76.1 Å². The number of nitrogens with one attached hydrogen (secondary N) is 1. The molecular weight excluding hydrogens is 765 g/mol. The van der Waals surface area contributed by atoms with Crippen molar-refractivity contribution >= 4 is 29.4 Å². The van der Waals surface area contributed by atoms with E-state index in [0.29, 0.717) is 37.3 Å². The topological polar surface area (TPSA) is 106 Å². The molecule has 5 rings (SSSR count). The van der Waals surface area contributed by atoms with Crippen LogP contribution in [0.1, 0.15) is 86.5 Å². The molecule has 1 fully saturated rings. The van der Waals surface area contributed by atoms with Crippen LogP contribution in [0.4, 0.5) is 61.6 Å². The summed E-state index contributed by atoms with van der Waals surface area (Å²) in [5.74, 6) is -0.792. The monoisotopic (exact) mass is 805 g/mol. The van der Waals surface area contributed by atoms with Crippen molar-refractivity contribution < 1.29 is 63.3 Å². The molecule has 3 heterocycles. The van der Waals surface area contributed by atoms with E-state index in [1.807, 2.05) is 0 Å². The van der Waals surface area contributed by atoms with Gasteiger partial charge in [-0.2, -0.15) is 39.5 Å². The number of benzene rings is 2. The first-order valence-electron chi connectivity index (χ1n) is 17.7. The summed E-state index contributed by atoms with van der Waals surface area (Å²) in [5, 5.41) is 3.01. The number of nitrogens with zero attached hydrogens (tertiary/aromatic N) is 4. The maximum absolute atomic E-state index is 14.0. The van der Waals surface area contributed by atoms with E-state index in [1.165, 1.54) is 11.1 Å². The van der Waals surface area contributed by atoms with Crippen molar-refractivity contribution in [2.75, 3.05) is 48.0 Å². The smallest absolute Gasteiger partial charge is 0.416 e. The highest BCUT2D eigenvalue weighted by molar-refractivity contribution is 5.90. The zero-order chi connectivity index (χ0) is 41.2. The molecule has 2 atom stereocenters. The fourth-order valence-corrected chi connectivity index (χ4v) is 6.50. The highest BCUT2D eigenvalue weighted by atomic mass is 19.4. The van der Waals surface area contributed by atoms with Crippen molar-refractivity contribution in [2.45, 2.75) is 89.6 Å². The van der Waals surface area contributed by atoms with Gasteiger partial charge in [0.05, 0.1) is 65.6 Å². The summed E-state index contributed by atoms with van der Waals surface area (Å²) in [5.41, 5.74) is -4.67. The van der Waals surface area contributed by atoms with Gasteiger partial charge < -0.3 is 24.4 Å². The number of morpholine rings is 1. The number of hydrogen-bond donors (Lipinski definition) is 1. The predicted molar refractivity (Wildman–Crippen MR) is 185 cm³/mol. The number of fused-ring (bicyclic) bond motifs is 1. The molecule has 0 aliphatic carbocycles. The number of alkyl halides is 9. The highest BCUT2D eigenvalue weighted by Crippen LogP contribution is 2.43. The third-order valence-electron chi connectivity index (χ3n) is 9.00. The molecule has 56 heavy (non-hydrogen) atoms. The molecule has 10 nitrogen and oxygen atoms in total. The van der Waals surface area contributed by atoms with E-state index in [4.69, 9.17) is 14.2 Å².